The first kappa shape index (κ1) is 16.3. The van der Waals surface area contributed by atoms with E-state index in [-0.39, 0.29) is 12.0 Å². The van der Waals surface area contributed by atoms with Crippen LogP contribution in [0.4, 0.5) is 5.69 Å². The zero-order chi connectivity index (χ0) is 16.8. The third-order valence-electron chi connectivity index (χ3n) is 3.92. The molecule has 0 radical (unpaired) electrons. The van der Waals surface area contributed by atoms with E-state index in [0.717, 1.165) is 25.2 Å². The molecule has 0 aromatic heterocycles. The van der Waals surface area contributed by atoms with Gasteiger partial charge in [0.25, 0.3) is 5.91 Å². The minimum Gasteiger partial charge on any atom is -0.496 e. The molecule has 1 amide bonds. The minimum atomic E-state index is -0.208. The van der Waals surface area contributed by atoms with Gasteiger partial charge in [-0.05, 0) is 49.2 Å². The van der Waals surface area contributed by atoms with Crippen LogP contribution in [0.2, 0.25) is 0 Å². The van der Waals surface area contributed by atoms with Crippen LogP contribution in [0.25, 0.3) is 0 Å². The number of hydrogen-bond acceptors (Lipinski definition) is 4. The van der Waals surface area contributed by atoms with Crippen LogP contribution in [0, 0.1) is 0 Å². The predicted octanol–water partition coefficient (Wildman–Crippen LogP) is 3.51. The second kappa shape index (κ2) is 7.84. The van der Waals surface area contributed by atoms with Crippen molar-refractivity contribution < 1.29 is 19.0 Å². The Morgan fingerprint density at radius 1 is 1.21 bits per heavy atom. The molecule has 1 fully saturated rings. The number of anilines is 1. The van der Waals surface area contributed by atoms with E-state index >= 15 is 0 Å². The highest BCUT2D eigenvalue weighted by atomic mass is 16.5. The summed E-state index contributed by atoms with van der Waals surface area (Å²) in [5.74, 6) is 1.10. The van der Waals surface area contributed by atoms with Crippen molar-refractivity contribution in [2.75, 3.05) is 25.6 Å². The topological polar surface area (TPSA) is 56.8 Å². The fraction of sp³-hybridized carbons (Fsp3) is 0.316. The van der Waals surface area contributed by atoms with E-state index in [2.05, 4.69) is 5.32 Å². The van der Waals surface area contributed by atoms with E-state index in [1.807, 2.05) is 30.3 Å². The molecular formula is C19H21NO4. The van der Waals surface area contributed by atoms with Crippen molar-refractivity contribution in [1.29, 1.82) is 0 Å². The van der Waals surface area contributed by atoms with E-state index in [1.165, 1.54) is 0 Å². The van der Waals surface area contributed by atoms with Crippen LogP contribution in [0.15, 0.2) is 48.5 Å². The zero-order valence-electron chi connectivity index (χ0n) is 13.7. The van der Waals surface area contributed by atoms with Gasteiger partial charge in [0.15, 0.2) is 0 Å². The Hall–Kier alpha value is -2.53. The number of carbonyl (C=O) groups is 1. The lowest BCUT2D eigenvalue weighted by Gasteiger charge is -2.12. The maximum absolute atomic E-state index is 12.3. The van der Waals surface area contributed by atoms with Crippen molar-refractivity contribution in [2.24, 2.45) is 0 Å². The summed E-state index contributed by atoms with van der Waals surface area (Å²) in [4.78, 5) is 12.3. The van der Waals surface area contributed by atoms with Gasteiger partial charge in [-0.3, -0.25) is 4.79 Å². The molecule has 0 aliphatic carbocycles. The lowest BCUT2D eigenvalue weighted by molar-refractivity contribution is 0.0679. The van der Waals surface area contributed by atoms with Gasteiger partial charge in [-0.2, -0.15) is 0 Å². The van der Waals surface area contributed by atoms with Crippen molar-refractivity contribution in [2.45, 2.75) is 18.9 Å². The summed E-state index contributed by atoms with van der Waals surface area (Å²) in [5, 5.41) is 2.86. The molecule has 1 saturated heterocycles. The van der Waals surface area contributed by atoms with E-state index in [1.54, 1.807) is 25.3 Å². The Bertz CT molecular complexity index is 678. The number of benzene rings is 2. The van der Waals surface area contributed by atoms with Crippen LogP contribution in [-0.4, -0.2) is 32.3 Å². The molecule has 1 N–H and O–H groups in total. The van der Waals surface area contributed by atoms with E-state index in [9.17, 15) is 4.79 Å². The molecule has 1 heterocycles. The molecule has 3 rings (SSSR count). The van der Waals surface area contributed by atoms with Crippen molar-refractivity contribution in [3.05, 3.63) is 54.1 Å². The fourth-order valence-electron chi connectivity index (χ4n) is 2.63. The molecule has 0 bridgehead atoms. The molecule has 0 spiro atoms. The summed E-state index contributed by atoms with van der Waals surface area (Å²) < 4.78 is 16.5. The first-order valence-electron chi connectivity index (χ1n) is 8.05. The minimum absolute atomic E-state index is 0.190. The second-order valence-corrected chi connectivity index (χ2v) is 5.62. The number of amides is 1. The van der Waals surface area contributed by atoms with Gasteiger partial charge in [0.1, 0.15) is 18.1 Å². The molecule has 5 nitrogen and oxygen atoms in total. The van der Waals surface area contributed by atoms with Crippen LogP contribution < -0.4 is 14.8 Å². The third-order valence-corrected chi connectivity index (χ3v) is 3.92. The lowest BCUT2D eigenvalue weighted by Crippen LogP contribution is -2.16. The standard InChI is InChI=1S/C19H21NO4/c1-22-18-7-3-2-6-17(18)19(21)20-14-8-10-15(11-9-14)24-13-16-5-4-12-23-16/h2-3,6-11,16H,4-5,12-13H2,1H3,(H,20,21)/t16-/m1/s1. The van der Waals surface area contributed by atoms with Gasteiger partial charge < -0.3 is 19.5 Å². The highest BCUT2D eigenvalue weighted by molar-refractivity contribution is 6.06. The van der Waals surface area contributed by atoms with Crippen molar-refractivity contribution in [3.63, 3.8) is 0 Å². The summed E-state index contributed by atoms with van der Waals surface area (Å²) >= 11 is 0. The van der Waals surface area contributed by atoms with Crippen molar-refractivity contribution in [3.8, 4) is 11.5 Å². The molecule has 2 aromatic carbocycles. The Kier molecular flexibility index (Phi) is 5.33. The van der Waals surface area contributed by atoms with Crippen molar-refractivity contribution in [1.82, 2.24) is 0 Å². The number of methoxy groups -OCH3 is 1. The fourth-order valence-corrected chi connectivity index (χ4v) is 2.63. The summed E-state index contributed by atoms with van der Waals surface area (Å²) in [7, 11) is 1.55. The molecule has 1 atom stereocenters. The Labute approximate surface area is 141 Å². The van der Waals surface area contributed by atoms with Gasteiger partial charge in [-0.1, -0.05) is 12.1 Å². The molecular weight excluding hydrogens is 306 g/mol. The van der Waals surface area contributed by atoms with Gasteiger partial charge in [-0.15, -0.1) is 0 Å². The molecule has 1 aliphatic rings. The predicted molar refractivity (Wildman–Crippen MR) is 91.9 cm³/mol. The first-order chi connectivity index (χ1) is 11.8. The third kappa shape index (κ3) is 4.06. The number of carbonyl (C=O) groups excluding carboxylic acids is 1. The van der Waals surface area contributed by atoms with Gasteiger partial charge in [0, 0.05) is 12.3 Å². The van der Waals surface area contributed by atoms with E-state index < -0.39 is 0 Å². The molecule has 5 heteroatoms. The van der Waals surface area contributed by atoms with Gasteiger partial charge in [-0.25, -0.2) is 0 Å². The summed E-state index contributed by atoms with van der Waals surface area (Å²) in [5.41, 5.74) is 1.20. The highest BCUT2D eigenvalue weighted by Crippen LogP contribution is 2.21. The van der Waals surface area contributed by atoms with Crippen molar-refractivity contribution >= 4 is 11.6 Å². The number of rotatable bonds is 6. The monoisotopic (exact) mass is 327 g/mol. The molecule has 0 saturated carbocycles. The molecule has 0 unspecified atom stereocenters. The number of nitrogens with one attached hydrogen (secondary N) is 1. The largest absolute Gasteiger partial charge is 0.496 e. The Balaban J connectivity index is 1.58. The van der Waals surface area contributed by atoms with Crippen LogP contribution in [0.3, 0.4) is 0 Å². The number of hydrogen-bond donors (Lipinski definition) is 1. The Morgan fingerprint density at radius 3 is 2.71 bits per heavy atom. The SMILES string of the molecule is COc1ccccc1C(=O)Nc1ccc(OC[C@H]2CCCO2)cc1. The number of ether oxygens (including phenoxy) is 3. The molecule has 126 valence electrons. The molecule has 2 aromatic rings. The van der Waals surface area contributed by atoms with E-state index in [4.69, 9.17) is 14.2 Å². The average Bonchev–Trinajstić information content (AvgIpc) is 3.14. The van der Waals surface area contributed by atoms with Crippen LogP contribution >= 0.6 is 0 Å². The van der Waals surface area contributed by atoms with Gasteiger partial charge in [0.05, 0.1) is 18.8 Å². The zero-order valence-corrected chi connectivity index (χ0v) is 13.7. The summed E-state index contributed by atoms with van der Waals surface area (Å²) in [6, 6.07) is 14.4. The highest BCUT2D eigenvalue weighted by Gasteiger charge is 2.16. The quantitative estimate of drug-likeness (QED) is 0.882. The van der Waals surface area contributed by atoms with Crippen LogP contribution in [0.1, 0.15) is 23.2 Å². The lowest BCUT2D eigenvalue weighted by atomic mass is 10.2. The maximum atomic E-state index is 12.3. The van der Waals surface area contributed by atoms with Crippen LogP contribution in [0.5, 0.6) is 11.5 Å². The second-order valence-electron chi connectivity index (χ2n) is 5.62. The molecule has 1 aliphatic heterocycles. The maximum Gasteiger partial charge on any atom is 0.259 e. The van der Waals surface area contributed by atoms with E-state index in [0.29, 0.717) is 23.6 Å². The van der Waals surface area contributed by atoms with Gasteiger partial charge in [0.2, 0.25) is 0 Å². The summed E-state index contributed by atoms with van der Waals surface area (Å²) in [6.45, 7) is 1.38. The number of para-hydroxylation sites is 1. The summed E-state index contributed by atoms with van der Waals surface area (Å²) in [6.07, 6.45) is 2.34. The van der Waals surface area contributed by atoms with Gasteiger partial charge >= 0.3 is 0 Å². The Morgan fingerprint density at radius 2 is 2.00 bits per heavy atom. The molecule has 24 heavy (non-hydrogen) atoms. The average molecular weight is 327 g/mol. The smallest absolute Gasteiger partial charge is 0.259 e. The first-order valence-corrected chi connectivity index (χ1v) is 8.05. The normalized spacial score (nSPS) is 16.6. The van der Waals surface area contributed by atoms with Crippen LogP contribution in [-0.2, 0) is 4.74 Å².